The van der Waals surface area contributed by atoms with Gasteiger partial charge in [0.1, 0.15) is 0 Å². The Morgan fingerprint density at radius 2 is 2.37 bits per heavy atom. The van der Waals surface area contributed by atoms with Gasteiger partial charge in [0, 0.05) is 36.8 Å². The molecule has 1 aliphatic rings. The maximum atomic E-state index is 4.60. The molecular formula is C14H26N4S. The van der Waals surface area contributed by atoms with Crippen molar-refractivity contribution < 1.29 is 0 Å². The summed E-state index contributed by atoms with van der Waals surface area (Å²) >= 11 is 1.84. The summed E-state index contributed by atoms with van der Waals surface area (Å²) < 4.78 is 0. The fourth-order valence-electron chi connectivity index (χ4n) is 2.46. The van der Waals surface area contributed by atoms with Crippen LogP contribution in [0.4, 0.5) is 5.13 Å². The molecule has 1 unspecified atom stereocenters. The highest BCUT2D eigenvalue weighted by atomic mass is 32.1. The smallest absolute Gasteiger partial charge is 0.185 e. The van der Waals surface area contributed by atoms with Crippen molar-refractivity contribution >= 4 is 16.5 Å². The van der Waals surface area contributed by atoms with Crippen LogP contribution in [0.15, 0.2) is 6.20 Å². The molecule has 1 aromatic heterocycles. The number of piperidine rings is 1. The number of rotatable bonds is 6. The van der Waals surface area contributed by atoms with E-state index in [-0.39, 0.29) is 0 Å². The molecule has 108 valence electrons. The van der Waals surface area contributed by atoms with Gasteiger partial charge in [0.15, 0.2) is 5.13 Å². The molecule has 0 amide bonds. The molecule has 4 nitrogen and oxygen atoms in total. The molecule has 1 fully saturated rings. The number of nitrogens with zero attached hydrogens (tertiary/aromatic N) is 3. The quantitative estimate of drug-likeness (QED) is 0.810. The van der Waals surface area contributed by atoms with Crippen molar-refractivity contribution in [2.75, 3.05) is 38.6 Å². The molecule has 0 radical (unpaired) electrons. The molecule has 19 heavy (non-hydrogen) atoms. The lowest BCUT2D eigenvalue weighted by Crippen LogP contribution is -2.45. The second kappa shape index (κ2) is 7.22. The highest BCUT2D eigenvalue weighted by molar-refractivity contribution is 7.15. The summed E-state index contributed by atoms with van der Waals surface area (Å²) in [6.45, 7) is 6.50. The van der Waals surface area contributed by atoms with Crippen molar-refractivity contribution in [3.8, 4) is 0 Å². The molecule has 1 N–H and O–H groups in total. The average molecular weight is 282 g/mol. The molecule has 1 saturated heterocycles. The van der Waals surface area contributed by atoms with E-state index in [1.165, 1.54) is 29.3 Å². The van der Waals surface area contributed by atoms with Crippen molar-refractivity contribution in [1.29, 1.82) is 0 Å². The summed E-state index contributed by atoms with van der Waals surface area (Å²) in [6, 6.07) is 0.666. The van der Waals surface area contributed by atoms with Gasteiger partial charge in [-0.05, 0) is 39.9 Å². The number of nitrogens with one attached hydrogen (secondary N) is 1. The molecule has 5 heteroatoms. The van der Waals surface area contributed by atoms with Gasteiger partial charge < -0.3 is 15.1 Å². The van der Waals surface area contributed by atoms with E-state index >= 15 is 0 Å². The van der Waals surface area contributed by atoms with Gasteiger partial charge in [-0.1, -0.05) is 6.92 Å². The number of anilines is 1. The molecule has 0 aromatic carbocycles. The Labute approximate surface area is 120 Å². The Morgan fingerprint density at radius 3 is 3.11 bits per heavy atom. The fraction of sp³-hybridized carbons (Fsp3) is 0.786. The molecule has 2 heterocycles. The van der Waals surface area contributed by atoms with E-state index in [9.17, 15) is 0 Å². The Hall–Kier alpha value is -0.650. The third-order valence-electron chi connectivity index (χ3n) is 3.66. The zero-order chi connectivity index (χ0) is 13.7. The van der Waals surface area contributed by atoms with E-state index in [4.69, 9.17) is 0 Å². The monoisotopic (exact) mass is 282 g/mol. The van der Waals surface area contributed by atoms with Crippen LogP contribution in [0.25, 0.3) is 0 Å². The third kappa shape index (κ3) is 4.16. The predicted octanol–water partition coefficient (Wildman–Crippen LogP) is 2.17. The summed E-state index contributed by atoms with van der Waals surface area (Å²) in [4.78, 5) is 10.7. The highest BCUT2D eigenvalue weighted by Gasteiger charge is 2.23. The minimum atomic E-state index is 0.666. The topological polar surface area (TPSA) is 31.4 Å². The maximum absolute atomic E-state index is 4.60. The minimum absolute atomic E-state index is 0.666. The second-order valence-electron chi connectivity index (χ2n) is 5.49. The molecule has 1 aliphatic heterocycles. The van der Waals surface area contributed by atoms with Crippen molar-refractivity contribution in [1.82, 2.24) is 15.2 Å². The predicted molar refractivity (Wildman–Crippen MR) is 83.0 cm³/mol. The Morgan fingerprint density at radius 1 is 1.53 bits per heavy atom. The van der Waals surface area contributed by atoms with Gasteiger partial charge in [0.2, 0.25) is 0 Å². The largest absolute Gasteiger partial charge is 0.347 e. The maximum Gasteiger partial charge on any atom is 0.185 e. The Bertz CT molecular complexity index is 377. The van der Waals surface area contributed by atoms with Crippen LogP contribution in [0.3, 0.4) is 0 Å². The van der Waals surface area contributed by atoms with Gasteiger partial charge >= 0.3 is 0 Å². The van der Waals surface area contributed by atoms with E-state index in [1.54, 1.807) is 0 Å². The van der Waals surface area contributed by atoms with Crippen molar-refractivity contribution in [2.45, 2.75) is 38.8 Å². The molecular weight excluding hydrogens is 256 g/mol. The number of aromatic nitrogens is 1. The van der Waals surface area contributed by atoms with E-state index in [1.807, 2.05) is 17.5 Å². The van der Waals surface area contributed by atoms with Crippen molar-refractivity contribution in [2.24, 2.45) is 0 Å². The van der Waals surface area contributed by atoms with Gasteiger partial charge in [-0.15, -0.1) is 11.3 Å². The number of likely N-dealkylation sites (N-methyl/N-ethyl adjacent to an activating group) is 1. The van der Waals surface area contributed by atoms with Crippen LogP contribution in [0.2, 0.25) is 0 Å². The lowest BCUT2D eigenvalue weighted by atomic mass is 10.1. The number of hydrogen-bond acceptors (Lipinski definition) is 5. The molecule has 1 aromatic rings. The summed E-state index contributed by atoms with van der Waals surface area (Å²) in [5, 5.41) is 4.63. The summed E-state index contributed by atoms with van der Waals surface area (Å²) in [6.07, 6.45) is 5.79. The molecule has 1 atom stereocenters. The van der Waals surface area contributed by atoms with Crippen LogP contribution in [-0.4, -0.2) is 49.7 Å². The van der Waals surface area contributed by atoms with E-state index in [0.717, 1.165) is 26.2 Å². The van der Waals surface area contributed by atoms with Gasteiger partial charge in [0.25, 0.3) is 0 Å². The van der Waals surface area contributed by atoms with Crippen LogP contribution in [-0.2, 0) is 6.54 Å². The zero-order valence-corrected chi connectivity index (χ0v) is 13.2. The number of hydrogen-bond donors (Lipinski definition) is 1. The Balaban J connectivity index is 1.90. The highest BCUT2D eigenvalue weighted by Crippen LogP contribution is 2.26. The molecule has 0 saturated carbocycles. The zero-order valence-electron chi connectivity index (χ0n) is 12.4. The van der Waals surface area contributed by atoms with Crippen LogP contribution in [0.5, 0.6) is 0 Å². The number of thiazole rings is 1. The molecule has 0 spiro atoms. The summed E-state index contributed by atoms with van der Waals surface area (Å²) in [5.41, 5.74) is 0. The van der Waals surface area contributed by atoms with E-state index in [0.29, 0.717) is 6.04 Å². The first-order valence-electron chi connectivity index (χ1n) is 7.27. The van der Waals surface area contributed by atoms with Gasteiger partial charge in [-0.3, -0.25) is 0 Å². The van der Waals surface area contributed by atoms with Crippen molar-refractivity contribution in [3.63, 3.8) is 0 Å². The first kappa shape index (κ1) is 14.8. The van der Waals surface area contributed by atoms with E-state index in [2.05, 4.69) is 41.1 Å². The minimum Gasteiger partial charge on any atom is -0.347 e. The van der Waals surface area contributed by atoms with Gasteiger partial charge in [-0.2, -0.15) is 0 Å². The van der Waals surface area contributed by atoms with Crippen molar-refractivity contribution in [3.05, 3.63) is 11.1 Å². The normalized spacial score (nSPS) is 20.2. The van der Waals surface area contributed by atoms with Crippen LogP contribution >= 0.6 is 11.3 Å². The summed E-state index contributed by atoms with van der Waals surface area (Å²) in [5.74, 6) is 0. The van der Waals surface area contributed by atoms with E-state index < -0.39 is 0 Å². The first-order valence-corrected chi connectivity index (χ1v) is 8.09. The Kier molecular flexibility index (Phi) is 5.60. The van der Waals surface area contributed by atoms with Crippen LogP contribution < -0.4 is 10.2 Å². The first-order chi connectivity index (χ1) is 9.20. The SMILES string of the molecule is CCCNCc1cnc(N2CCCC(N(C)C)C2)s1. The third-order valence-corrected chi connectivity index (χ3v) is 4.72. The standard InChI is InChI=1S/C14H26N4S/c1-4-7-15-9-13-10-16-14(19-13)18-8-5-6-12(11-18)17(2)3/h10,12,15H,4-9,11H2,1-3H3. The van der Waals surface area contributed by atoms with Gasteiger partial charge in [-0.25, -0.2) is 4.98 Å². The van der Waals surface area contributed by atoms with Crippen LogP contribution in [0.1, 0.15) is 31.1 Å². The summed E-state index contributed by atoms with van der Waals surface area (Å²) in [7, 11) is 4.35. The molecule has 2 rings (SSSR count). The molecule has 0 aliphatic carbocycles. The second-order valence-corrected chi connectivity index (χ2v) is 6.59. The lowest BCUT2D eigenvalue weighted by Gasteiger charge is -2.35. The fourth-order valence-corrected chi connectivity index (χ4v) is 3.38. The van der Waals surface area contributed by atoms with Crippen LogP contribution in [0, 0.1) is 0 Å². The molecule has 0 bridgehead atoms. The lowest BCUT2D eigenvalue weighted by molar-refractivity contribution is 0.258. The van der Waals surface area contributed by atoms with Gasteiger partial charge in [0.05, 0.1) is 0 Å². The average Bonchev–Trinajstić information content (AvgIpc) is 2.88.